The predicted octanol–water partition coefficient (Wildman–Crippen LogP) is 2.63. The molecule has 5 nitrogen and oxygen atoms in total. The molecule has 1 aromatic carbocycles. The molecule has 0 spiro atoms. The van der Waals surface area contributed by atoms with Gasteiger partial charge in [-0.3, -0.25) is 0 Å². The van der Waals surface area contributed by atoms with Crippen molar-refractivity contribution in [1.29, 1.82) is 0 Å². The quantitative estimate of drug-likeness (QED) is 0.944. The Labute approximate surface area is 126 Å². The van der Waals surface area contributed by atoms with Crippen LogP contribution in [0.3, 0.4) is 0 Å². The molecule has 1 atom stereocenters. The van der Waals surface area contributed by atoms with E-state index in [1.807, 2.05) is 0 Å². The number of halogens is 2. The average molecular weight is 314 g/mol. The summed E-state index contributed by atoms with van der Waals surface area (Å²) in [6.45, 7) is 2.03. The average Bonchev–Trinajstić information content (AvgIpc) is 2.93. The van der Waals surface area contributed by atoms with Gasteiger partial charge in [0.05, 0.1) is 25.7 Å². The normalized spacial score (nSPS) is 19.2. The van der Waals surface area contributed by atoms with Crippen LogP contribution in [0.2, 0.25) is 10.0 Å². The third-order valence-corrected chi connectivity index (χ3v) is 3.82. The Hall–Kier alpha value is -1.14. The lowest BCUT2D eigenvalue weighted by atomic mass is 10.1. The van der Waals surface area contributed by atoms with Crippen molar-refractivity contribution in [2.75, 3.05) is 19.8 Å². The molecule has 2 heterocycles. The number of morpholine rings is 1. The highest BCUT2D eigenvalue weighted by Crippen LogP contribution is 2.26. The number of hydrogen-bond acceptors (Lipinski definition) is 5. The van der Waals surface area contributed by atoms with Crippen molar-refractivity contribution in [2.24, 2.45) is 0 Å². The van der Waals surface area contributed by atoms with Crippen molar-refractivity contribution in [3.8, 4) is 0 Å². The fourth-order valence-electron chi connectivity index (χ4n) is 2.07. The summed E-state index contributed by atoms with van der Waals surface area (Å²) < 4.78 is 10.6. The van der Waals surface area contributed by atoms with Crippen LogP contribution < -0.4 is 5.32 Å². The first-order valence-electron chi connectivity index (χ1n) is 6.30. The summed E-state index contributed by atoms with van der Waals surface area (Å²) in [6.07, 6.45) is 0.416. The van der Waals surface area contributed by atoms with Crippen LogP contribution in [0.5, 0.6) is 0 Å². The minimum absolute atomic E-state index is 0.0250. The minimum atomic E-state index is -0.0250. The monoisotopic (exact) mass is 313 g/mol. The summed E-state index contributed by atoms with van der Waals surface area (Å²) in [7, 11) is 0. The first kappa shape index (κ1) is 13.8. The van der Waals surface area contributed by atoms with E-state index in [2.05, 4.69) is 15.5 Å². The summed E-state index contributed by atoms with van der Waals surface area (Å²) >= 11 is 12.3. The van der Waals surface area contributed by atoms with Gasteiger partial charge in [-0.15, -0.1) is 0 Å². The lowest BCUT2D eigenvalue weighted by Gasteiger charge is -2.20. The van der Waals surface area contributed by atoms with Gasteiger partial charge in [-0.2, -0.15) is 4.98 Å². The zero-order chi connectivity index (χ0) is 13.9. The zero-order valence-corrected chi connectivity index (χ0v) is 12.1. The Kier molecular flexibility index (Phi) is 4.21. The Bertz CT molecular complexity index is 577. The van der Waals surface area contributed by atoms with E-state index in [0.717, 1.165) is 12.1 Å². The van der Waals surface area contributed by atoms with Crippen LogP contribution in [-0.2, 0) is 11.2 Å². The molecule has 1 N–H and O–H groups in total. The molecule has 1 saturated heterocycles. The van der Waals surface area contributed by atoms with Crippen LogP contribution in [0.4, 0.5) is 0 Å². The summed E-state index contributed by atoms with van der Waals surface area (Å²) in [6, 6.07) is 5.35. The number of hydrogen-bond donors (Lipinski definition) is 1. The fourth-order valence-corrected chi connectivity index (χ4v) is 2.60. The molecule has 1 fully saturated rings. The van der Waals surface area contributed by atoms with Crippen LogP contribution in [0.25, 0.3) is 0 Å². The summed E-state index contributed by atoms with van der Waals surface area (Å²) in [4.78, 5) is 4.37. The van der Waals surface area contributed by atoms with E-state index in [4.69, 9.17) is 32.5 Å². The molecule has 2 aromatic rings. The van der Waals surface area contributed by atoms with E-state index in [1.165, 1.54) is 0 Å². The van der Waals surface area contributed by atoms with Crippen LogP contribution in [0.15, 0.2) is 22.7 Å². The zero-order valence-electron chi connectivity index (χ0n) is 10.6. The molecule has 0 radical (unpaired) electrons. The van der Waals surface area contributed by atoms with Gasteiger partial charge in [0.15, 0.2) is 5.82 Å². The summed E-state index contributed by atoms with van der Waals surface area (Å²) in [5, 5.41) is 8.44. The van der Waals surface area contributed by atoms with Gasteiger partial charge in [-0.25, -0.2) is 0 Å². The smallest absolute Gasteiger partial charge is 0.231 e. The van der Waals surface area contributed by atoms with E-state index in [-0.39, 0.29) is 6.04 Å². The van der Waals surface area contributed by atoms with Gasteiger partial charge < -0.3 is 14.6 Å². The van der Waals surface area contributed by atoms with Gasteiger partial charge in [0.2, 0.25) is 5.89 Å². The highest BCUT2D eigenvalue weighted by Gasteiger charge is 2.21. The summed E-state index contributed by atoms with van der Waals surface area (Å²) in [5.74, 6) is 1.09. The van der Waals surface area contributed by atoms with Crippen LogP contribution in [0.1, 0.15) is 23.3 Å². The van der Waals surface area contributed by atoms with Gasteiger partial charge in [-0.1, -0.05) is 34.4 Å². The highest BCUT2D eigenvalue weighted by atomic mass is 35.5. The van der Waals surface area contributed by atoms with Crippen molar-refractivity contribution in [1.82, 2.24) is 15.5 Å². The number of nitrogens with one attached hydrogen (secondary N) is 1. The van der Waals surface area contributed by atoms with Gasteiger partial charge in [0.1, 0.15) is 0 Å². The molecule has 3 rings (SSSR count). The molecule has 0 saturated carbocycles. The molecule has 0 aliphatic carbocycles. The van der Waals surface area contributed by atoms with Gasteiger partial charge in [0.25, 0.3) is 0 Å². The molecule has 20 heavy (non-hydrogen) atoms. The number of ether oxygens (including phenoxy) is 1. The van der Waals surface area contributed by atoms with E-state index >= 15 is 0 Å². The number of rotatable bonds is 3. The molecule has 1 aliphatic rings. The second-order valence-electron chi connectivity index (χ2n) is 4.50. The molecule has 1 aliphatic heterocycles. The first-order chi connectivity index (χ1) is 9.74. The number of nitrogens with zero attached hydrogens (tertiary/aromatic N) is 2. The van der Waals surface area contributed by atoms with Crippen molar-refractivity contribution in [2.45, 2.75) is 12.5 Å². The summed E-state index contributed by atoms with van der Waals surface area (Å²) in [5.41, 5.74) is 0.791. The van der Waals surface area contributed by atoms with Crippen LogP contribution in [-0.4, -0.2) is 29.9 Å². The maximum absolute atomic E-state index is 6.13. The second-order valence-corrected chi connectivity index (χ2v) is 5.32. The number of benzene rings is 1. The molecular formula is C13H13Cl2N3O2. The maximum Gasteiger partial charge on any atom is 0.231 e. The highest BCUT2D eigenvalue weighted by molar-refractivity contribution is 6.36. The van der Waals surface area contributed by atoms with E-state index in [0.29, 0.717) is 41.4 Å². The minimum Gasteiger partial charge on any atom is -0.378 e. The molecular weight excluding hydrogens is 301 g/mol. The maximum atomic E-state index is 6.13. The van der Waals surface area contributed by atoms with Gasteiger partial charge in [-0.05, 0) is 17.7 Å². The van der Waals surface area contributed by atoms with E-state index < -0.39 is 0 Å². The van der Waals surface area contributed by atoms with Crippen molar-refractivity contribution >= 4 is 23.2 Å². The largest absolute Gasteiger partial charge is 0.378 e. The molecule has 106 valence electrons. The van der Waals surface area contributed by atoms with Crippen LogP contribution in [0, 0.1) is 0 Å². The third kappa shape index (κ3) is 2.96. The molecule has 1 aromatic heterocycles. The fraction of sp³-hybridized carbons (Fsp3) is 0.385. The topological polar surface area (TPSA) is 60.2 Å². The Morgan fingerprint density at radius 1 is 1.30 bits per heavy atom. The lowest BCUT2D eigenvalue weighted by Crippen LogP contribution is -2.35. The number of aromatic nitrogens is 2. The third-order valence-electron chi connectivity index (χ3n) is 3.11. The Balaban J connectivity index is 1.77. The van der Waals surface area contributed by atoms with E-state index in [9.17, 15) is 0 Å². The molecule has 0 amide bonds. The predicted molar refractivity (Wildman–Crippen MR) is 75.1 cm³/mol. The Morgan fingerprint density at radius 2 is 2.10 bits per heavy atom. The first-order valence-corrected chi connectivity index (χ1v) is 7.06. The SMILES string of the molecule is Clc1cccc(Cl)c1Cc1nc([C@H]2COCCN2)no1. The second kappa shape index (κ2) is 6.10. The molecule has 0 bridgehead atoms. The van der Waals surface area contributed by atoms with Crippen molar-refractivity contribution in [3.63, 3.8) is 0 Å². The standard InChI is InChI=1S/C13H13Cl2N3O2/c14-9-2-1-3-10(15)8(9)6-12-17-13(18-20-12)11-7-19-5-4-16-11/h1-3,11,16H,4-7H2/t11-/m1/s1. The van der Waals surface area contributed by atoms with E-state index in [1.54, 1.807) is 18.2 Å². The van der Waals surface area contributed by atoms with Crippen molar-refractivity contribution in [3.05, 3.63) is 45.5 Å². The van der Waals surface area contributed by atoms with Crippen molar-refractivity contribution < 1.29 is 9.26 Å². The van der Waals surface area contributed by atoms with Crippen LogP contribution >= 0.6 is 23.2 Å². The van der Waals surface area contributed by atoms with Gasteiger partial charge in [0, 0.05) is 16.6 Å². The lowest BCUT2D eigenvalue weighted by molar-refractivity contribution is 0.0734. The molecule has 0 unspecified atom stereocenters. The Morgan fingerprint density at radius 3 is 2.80 bits per heavy atom. The molecule has 7 heteroatoms. The van der Waals surface area contributed by atoms with Gasteiger partial charge >= 0.3 is 0 Å².